The highest BCUT2D eigenvalue weighted by molar-refractivity contribution is 6.31. The molecule has 2 aromatic carbocycles. The molecule has 0 aliphatic heterocycles. The number of aryl methyl sites for hydroxylation is 1. The van der Waals surface area contributed by atoms with Crippen molar-refractivity contribution in [2.24, 2.45) is 0 Å². The summed E-state index contributed by atoms with van der Waals surface area (Å²) in [5.41, 5.74) is 4.61. The predicted octanol–water partition coefficient (Wildman–Crippen LogP) is 1.52. The average Bonchev–Trinajstić information content (AvgIpc) is 2.76. The van der Waals surface area contributed by atoms with Crippen LogP contribution in [0.25, 0.3) is 0 Å². The van der Waals surface area contributed by atoms with Crippen LogP contribution in [0, 0.1) is 17.0 Å². The third kappa shape index (κ3) is 6.85. The maximum absolute atomic E-state index is 12.1. The van der Waals surface area contributed by atoms with Crippen LogP contribution in [-0.4, -0.2) is 42.9 Å². The number of carbonyl (C=O) groups is 3. The van der Waals surface area contributed by atoms with Crippen LogP contribution < -0.4 is 25.6 Å². The predicted molar refractivity (Wildman–Crippen MR) is 110 cm³/mol. The van der Waals surface area contributed by atoms with Crippen LogP contribution >= 0.6 is 11.6 Å². The lowest BCUT2D eigenvalue weighted by molar-refractivity contribution is -0.385. The van der Waals surface area contributed by atoms with Crippen molar-refractivity contribution in [1.82, 2.24) is 16.2 Å². The normalized spacial score (nSPS) is 10.0. The Bertz CT molecular complexity index is 1010. The zero-order valence-electron chi connectivity index (χ0n) is 16.6. The molecule has 3 N–H and O–H groups in total. The van der Waals surface area contributed by atoms with Crippen molar-refractivity contribution in [3.63, 3.8) is 0 Å². The van der Waals surface area contributed by atoms with Gasteiger partial charge in [0.15, 0.2) is 12.4 Å². The van der Waals surface area contributed by atoms with Crippen LogP contribution in [0.1, 0.15) is 15.9 Å². The van der Waals surface area contributed by atoms with Crippen molar-refractivity contribution >= 4 is 35.0 Å². The number of carbonyl (C=O) groups excluding carboxylic acids is 3. The fraction of sp³-hybridized carbons (Fsp3) is 0.211. The van der Waals surface area contributed by atoms with Crippen LogP contribution in [0.4, 0.5) is 5.69 Å². The molecule has 0 aliphatic rings. The molecular weight excluding hydrogens is 432 g/mol. The lowest BCUT2D eigenvalue weighted by Crippen LogP contribution is -2.47. The molecule has 2 aromatic rings. The summed E-state index contributed by atoms with van der Waals surface area (Å²) in [6.07, 6.45) is 0. The first-order valence-corrected chi connectivity index (χ1v) is 9.16. The van der Waals surface area contributed by atoms with Gasteiger partial charge in [0.1, 0.15) is 5.75 Å². The van der Waals surface area contributed by atoms with Gasteiger partial charge in [0.2, 0.25) is 0 Å². The second kappa shape index (κ2) is 10.8. The van der Waals surface area contributed by atoms with E-state index < -0.39 is 29.2 Å². The number of halogens is 1. The van der Waals surface area contributed by atoms with Crippen molar-refractivity contribution in [3.8, 4) is 11.5 Å². The Kier molecular flexibility index (Phi) is 8.15. The Balaban J connectivity index is 1.77. The van der Waals surface area contributed by atoms with Gasteiger partial charge < -0.3 is 14.8 Å². The van der Waals surface area contributed by atoms with Crippen LogP contribution in [0.3, 0.4) is 0 Å². The molecule has 0 bridgehead atoms. The molecule has 0 aliphatic carbocycles. The van der Waals surface area contributed by atoms with E-state index in [1.807, 2.05) is 0 Å². The summed E-state index contributed by atoms with van der Waals surface area (Å²) in [5.74, 6) is -1.62. The van der Waals surface area contributed by atoms with E-state index in [1.165, 1.54) is 19.2 Å². The fourth-order valence-electron chi connectivity index (χ4n) is 2.31. The summed E-state index contributed by atoms with van der Waals surface area (Å²) >= 11 is 5.91. The smallest absolute Gasteiger partial charge is 0.311 e. The highest BCUT2D eigenvalue weighted by Crippen LogP contribution is 2.27. The number of nitrogens with zero attached hydrogens (tertiary/aromatic N) is 1. The Morgan fingerprint density at radius 1 is 1.10 bits per heavy atom. The van der Waals surface area contributed by atoms with E-state index in [9.17, 15) is 24.5 Å². The summed E-state index contributed by atoms with van der Waals surface area (Å²) in [6, 6.07) is 8.51. The molecule has 164 valence electrons. The van der Waals surface area contributed by atoms with Gasteiger partial charge in [-0.15, -0.1) is 0 Å². The van der Waals surface area contributed by atoms with E-state index in [4.69, 9.17) is 21.1 Å². The van der Waals surface area contributed by atoms with Crippen LogP contribution in [0.15, 0.2) is 36.4 Å². The first-order valence-electron chi connectivity index (χ1n) is 8.78. The minimum absolute atomic E-state index is 0.00187. The van der Waals surface area contributed by atoms with Crippen molar-refractivity contribution < 1.29 is 28.8 Å². The number of methoxy groups -OCH3 is 1. The summed E-state index contributed by atoms with van der Waals surface area (Å²) in [7, 11) is 1.27. The van der Waals surface area contributed by atoms with Crippen molar-refractivity contribution in [2.75, 3.05) is 20.3 Å². The first-order chi connectivity index (χ1) is 14.7. The van der Waals surface area contributed by atoms with Gasteiger partial charge >= 0.3 is 5.69 Å². The number of nitrogens with one attached hydrogen (secondary N) is 3. The van der Waals surface area contributed by atoms with E-state index in [0.717, 1.165) is 11.6 Å². The van der Waals surface area contributed by atoms with Crippen molar-refractivity contribution in [2.45, 2.75) is 6.92 Å². The molecule has 0 radical (unpaired) electrons. The molecule has 0 spiro atoms. The standard InChI is InChI=1S/C19H19ClN4O7/c1-11-7-13(4-5-14(11)20)31-10-18(26)23-22-17(25)9-21-19(27)12-3-6-16(30-2)15(8-12)24(28)29/h3-8H,9-10H2,1-2H3,(H,21,27)(H,22,25)(H,23,26). The molecule has 31 heavy (non-hydrogen) atoms. The number of hydrazine groups is 1. The lowest BCUT2D eigenvalue weighted by Gasteiger charge is -2.10. The van der Waals surface area contributed by atoms with Gasteiger partial charge in [-0.25, -0.2) is 0 Å². The van der Waals surface area contributed by atoms with E-state index in [-0.39, 0.29) is 23.6 Å². The largest absolute Gasteiger partial charge is 0.490 e. The van der Waals surface area contributed by atoms with Gasteiger partial charge in [0, 0.05) is 16.7 Å². The van der Waals surface area contributed by atoms with Gasteiger partial charge in [-0.05, 0) is 42.8 Å². The molecule has 2 rings (SSSR count). The maximum Gasteiger partial charge on any atom is 0.311 e. The summed E-state index contributed by atoms with van der Waals surface area (Å²) in [5, 5.41) is 13.9. The topological polar surface area (TPSA) is 149 Å². The fourth-order valence-corrected chi connectivity index (χ4v) is 2.43. The highest BCUT2D eigenvalue weighted by atomic mass is 35.5. The molecule has 3 amide bonds. The monoisotopic (exact) mass is 450 g/mol. The Morgan fingerprint density at radius 2 is 1.81 bits per heavy atom. The number of ether oxygens (including phenoxy) is 2. The number of benzene rings is 2. The Labute approximate surface area is 181 Å². The number of nitro benzene ring substituents is 1. The molecule has 0 heterocycles. The lowest BCUT2D eigenvalue weighted by atomic mass is 10.1. The summed E-state index contributed by atoms with van der Waals surface area (Å²) in [6.45, 7) is 0.952. The van der Waals surface area contributed by atoms with Gasteiger partial charge in [-0.3, -0.25) is 35.3 Å². The van der Waals surface area contributed by atoms with Crippen LogP contribution in [0.5, 0.6) is 11.5 Å². The third-order valence-corrected chi connectivity index (χ3v) is 4.31. The van der Waals surface area contributed by atoms with Crippen LogP contribution in [-0.2, 0) is 9.59 Å². The zero-order valence-corrected chi connectivity index (χ0v) is 17.3. The van der Waals surface area contributed by atoms with Gasteiger partial charge in [-0.1, -0.05) is 11.6 Å². The van der Waals surface area contributed by atoms with E-state index >= 15 is 0 Å². The molecule has 0 saturated carbocycles. The summed E-state index contributed by atoms with van der Waals surface area (Å²) in [4.78, 5) is 46.0. The number of nitro groups is 1. The van der Waals surface area contributed by atoms with E-state index in [0.29, 0.717) is 10.8 Å². The number of hydrogen-bond acceptors (Lipinski definition) is 7. The summed E-state index contributed by atoms with van der Waals surface area (Å²) < 4.78 is 10.1. The molecule has 0 unspecified atom stereocenters. The molecule has 12 heteroatoms. The van der Waals surface area contributed by atoms with Crippen molar-refractivity contribution in [1.29, 1.82) is 0 Å². The highest BCUT2D eigenvalue weighted by Gasteiger charge is 2.18. The molecular formula is C19H19ClN4O7. The van der Waals surface area contributed by atoms with Gasteiger partial charge in [0.05, 0.1) is 18.6 Å². The van der Waals surface area contributed by atoms with Gasteiger partial charge in [-0.2, -0.15) is 0 Å². The number of rotatable bonds is 8. The second-order valence-electron chi connectivity index (χ2n) is 6.12. The van der Waals surface area contributed by atoms with Crippen molar-refractivity contribution in [3.05, 3.63) is 62.7 Å². The second-order valence-corrected chi connectivity index (χ2v) is 6.53. The minimum Gasteiger partial charge on any atom is -0.490 e. The van der Waals surface area contributed by atoms with Gasteiger partial charge in [0.25, 0.3) is 17.7 Å². The third-order valence-electron chi connectivity index (χ3n) is 3.89. The minimum atomic E-state index is -0.716. The molecule has 0 aromatic heterocycles. The first kappa shape index (κ1) is 23.4. The van der Waals surface area contributed by atoms with E-state index in [2.05, 4.69) is 16.2 Å². The Morgan fingerprint density at radius 3 is 2.45 bits per heavy atom. The maximum atomic E-state index is 12.1. The number of hydrogen-bond donors (Lipinski definition) is 3. The van der Waals surface area contributed by atoms with E-state index in [1.54, 1.807) is 25.1 Å². The quantitative estimate of drug-likeness (QED) is 0.407. The average molecular weight is 451 g/mol. The zero-order chi connectivity index (χ0) is 23.0. The van der Waals surface area contributed by atoms with Crippen LogP contribution in [0.2, 0.25) is 5.02 Å². The Hall–Kier alpha value is -3.86. The molecule has 11 nitrogen and oxygen atoms in total. The molecule has 0 saturated heterocycles. The molecule has 0 atom stereocenters. The number of amides is 3. The SMILES string of the molecule is COc1ccc(C(=O)NCC(=O)NNC(=O)COc2ccc(Cl)c(C)c2)cc1[N+](=O)[O-]. The molecule has 0 fully saturated rings.